The summed E-state index contributed by atoms with van der Waals surface area (Å²) in [5.74, 6) is 0.258. The summed E-state index contributed by atoms with van der Waals surface area (Å²) < 4.78 is 19.9. The monoisotopic (exact) mass is 658 g/mol. The second kappa shape index (κ2) is 12.4. The molecule has 1 heterocycles. The van der Waals surface area contributed by atoms with Gasteiger partial charge in [0.05, 0.1) is 44.5 Å². The Bertz CT molecular complexity index is 1250. The molecule has 268 valence electrons. The summed E-state index contributed by atoms with van der Waals surface area (Å²) in [4.78, 5) is 25.0. The zero-order valence-corrected chi connectivity index (χ0v) is 31.3. The molecule has 47 heavy (non-hydrogen) atoms. The van der Waals surface area contributed by atoms with Gasteiger partial charge < -0.3 is 30.4 Å². The third-order valence-electron chi connectivity index (χ3n) is 15.9. The Balaban J connectivity index is 1.51. The van der Waals surface area contributed by atoms with Crippen molar-refractivity contribution in [2.45, 2.75) is 126 Å². The highest BCUT2D eigenvalue weighted by Crippen LogP contribution is 2.75. The number of aliphatic carboxylic acids is 1. The van der Waals surface area contributed by atoms with Crippen LogP contribution in [0.25, 0.3) is 0 Å². The summed E-state index contributed by atoms with van der Waals surface area (Å²) in [7, 11) is 1.81. The molecule has 3 saturated carbocycles. The Morgan fingerprint density at radius 1 is 1.09 bits per heavy atom. The topological polar surface area (TPSA) is 120 Å². The average molecular weight is 659 g/mol. The van der Waals surface area contributed by atoms with Crippen molar-refractivity contribution in [1.82, 2.24) is 5.32 Å². The fourth-order valence-corrected chi connectivity index (χ4v) is 12.1. The lowest BCUT2D eigenvalue weighted by molar-refractivity contribution is -0.270. The first-order valence-corrected chi connectivity index (χ1v) is 18.5. The maximum Gasteiger partial charge on any atom is 0.307 e. The van der Waals surface area contributed by atoms with Crippen LogP contribution < -0.4 is 11.1 Å². The number of hydrogen-bond acceptors (Lipinski definition) is 6. The summed E-state index contributed by atoms with van der Waals surface area (Å²) in [6.07, 6.45) is 7.97. The van der Waals surface area contributed by atoms with E-state index in [4.69, 9.17) is 19.9 Å². The smallest absolute Gasteiger partial charge is 0.307 e. The molecule has 0 radical (unpaired) electrons. The van der Waals surface area contributed by atoms with Crippen molar-refractivity contribution in [1.29, 1.82) is 0 Å². The van der Waals surface area contributed by atoms with Crippen LogP contribution >= 0.6 is 0 Å². The highest BCUT2D eigenvalue weighted by Gasteiger charge is 2.71. The van der Waals surface area contributed by atoms with E-state index in [1.807, 2.05) is 7.11 Å². The third-order valence-corrected chi connectivity index (χ3v) is 15.9. The third kappa shape index (κ3) is 5.36. The molecule has 1 saturated heterocycles. The van der Waals surface area contributed by atoms with E-state index in [1.54, 1.807) is 0 Å². The van der Waals surface area contributed by atoms with Crippen LogP contribution in [0.3, 0.4) is 0 Å². The molecule has 0 aromatic heterocycles. The number of fused-ring (bicyclic) bond motifs is 3. The van der Waals surface area contributed by atoms with Gasteiger partial charge in [0.15, 0.2) is 0 Å². The molecule has 4 fully saturated rings. The second-order valence-corrected chi connectivity index (χ2v) is 18.4. The number of carboxylic acids is 1. The summed E-state index contributed by atoms with van der Waals surface area (Å²) in [6.45, 7) is 24.4. The molecule has 8 heteroatoms. The number of carbonyl (C=O) groups excluding carboxylic acids is 1. The Morgan fingerprint density at radius 3 is 2.34 bits per heavy atom. The molecule has 12 atom stereocenters. The Labute approximate surface area is 284 Å². The Morgan fingerprint density at radius 2 is 1.77 bits per heavy atom. The molecule has 2 bridgehead atoms. The number of carboxylic acid groups (broad SMARTS) is 1. The largest absolute Gasteiger partial charge is 0.481 e. The van der Waals surface area contributed by atoms with Gasteiger partial charge in [0.25, 0.3) is 0 Å². The lowest BCUT2D eigenvalue weighted by Crippen LogP contribution is -2.70. The van der Waals surface area contributed by atoms with Crippen molar-refractivity contribution < 1.29 is 28.9 Å². The van der Waals surface area contributed by atoms with Crippen molar-refractivity contribution in [2.75, 3.05) is 33.5 Å². The second-order valence-electron chi connectivity index (χ2n) is 18.4. The molecular formula is C39H66N2O6. The van der Waals surface area contributed by atoms with Crippen LogP contribution in [0.4, 0.5) is 0 Å². The number of primary amides is 1. The molecule has 4 aliphatic carbocycles. The fraction of sp³-hybridized carbons (Fsp3) is 0.897. The maximum atomic E-state index is 13.4. The number of carbonyl (C=O) groups is 2. The molecular weight excluding hydrogens is 592 g/mol. The standard InChI is InChI=1S/C39H66N2O6/c1-23(2)25(5)34(6)16-17-36(8)26-12-13-29-35(7)20-46-22-39(29,27(26)14-15-37(36,9)31(34)33(43)44)18-28(45-11)32(35)47-21-38(10,24(3)4)41-19-30(40)42/h14,23-26,28-29,31-32,41H,12-13,15-22H2,1-11H3,(H2,40,42)(H,43,44)/t25-,26+,28-,29+,31-,32+,34-,35+,36-,37+,38+,39+/m1/s1. The number of rotatable bonds is 11. The zero-order valence-electron chi connectivity index (χ0n) is 31.3. The molecule has 5 rings (SSSR count). The minimum absolute atomic E-state index is 0.105. The minimum atomic E-state index is -0.624. The van der Waals surface area contributed by atoms with E-state index in [1.165, 1.54) is 5.57 Å². The number of hydrogen-bond donors (Lipinski definition) is 3. The number of ether oxygens (including phenoxy) is 3. The lowest BCUT2D eigenvalue weighted by Gasteiger charge is -2.71. The van der Waals surface area contributed by atoms with Crippen molar-refractivity contribution in [2.24, 2.45) is 68.3 Å². The van der Waals surface area contributed by atoms with Crippen molar-refractivity contribution in [3.63, 3.8) is 0 Å². The van der Waals surface area contributed by atoms with Crippen LogP contribution in [0.5, 0.6) is 0 Å². The molecule has 0 unspecified atom stereocenters. The van der Waals surface area contributed by atoms with Gasteiger partial charge in [0.2, 0.25) is 5.91 Å². The van der Waals surface area contributed by atoms with Gasteiger partial charge in [0.1, 0.15) is 0 Å². The van der Waals surface area contributed by atoms with Crippen LogP contribution in [0, 0.1) is 62.6 Å². The van der Waals surface area contributed by atoms with Crippen LogP contribution in [0.1, 0.15) is 108 Å². The summed E-state index contributed by atoms with van der Waals surface area (Å²) in [6, 6.07) is 0. The Kier molecular flexibility index (Phi) is 9.69. The number of nitrogens with two attached hydrogens (primary N) is 1. The molecule has 0 aromatic carbocycles. The summed E-state index contributed by atoms with van der Waals surface area (Å²) >= 11 is 0. The van der Waals surface area contributed by atoms with Crippen LogP contribution in [-0.2, 0) is 23.8 Å². The van der Waals surface area contributed by atoms with E-state index >= 15 is 0 Å². The van der Waals surface area contributed by atoms with E-state index < -0.39 is 17.4 Å². The quantitative estimate of drug-likeness (QED) is 0.218. The molecule has 1 aliphatic heterocycles. The predicted molar refractivity (Wildman–Crippen MR) is 185 cm³/mol. The number of allylic oxidation sites excluding steroid dienone is 1. The molecule has 4 N–H and O–H groups in total. The number of nitrogens with one attached hydrogen (secondary N) is 1. The summed E-state index contributed by atoms with van der Waals surface area (Å²) in [5.41, 5.74) is 5.46. The van der Waals surface area contributed by atoms with Gasteiger partial charge in [-0.05, 0) is 91.3 Å². The first-order valence-electron chi connectivity index (χ1n) is 18.5. The zero-order chi connectivity index (χ0) is 35.0. The van der Waals surface area contributed by atoms with E-state index in [0.717, 1.165) is 38.5 Å². The van der Waals surface area contributed by atoms with Gasteiger partial charge >= 0.3 is 5.97 Å². The summed E-state index contributed by atoms with van der Waals surface area (Å²) in [5, 5.41) is 14.4. The highest BCUT2D eigenvalue weighted by molar-refractivity contribution is 5.76. The normalized spacial score (nSPS) is 44.9. The van der Waals surface area contributed by atoms with Gasteiger partial charge in [-0.3, -0.25) is 9.59 Å². The maximum absolute atomic E-state index is 13.4. The van der Waals surface area contributed by atoms with Crippen LogP contribution in [-0.4, -0.2) is 68.2 Å². The molecule has 5 aliphatic rings. The van der Waals surface area contributed by atoms with Gasteiger partial charge in [-0.1, -0.05) is 74.0 Å². The van der Waals surface area contributed by atoms with Gasteiger partial charge in [-0.15, -0.1) is 0 Å². The number of methoxy groups -OCH3 is 1. The fourth-order valence-electron chi connectivity index (χ4n) is 12.1. The lowest BCUT2D eigenvalue weighted by atomic mass is 9.34. The van der Waals surface area contributed by atoms with Crippen molar-refractivity contribution >= 4 is 11.9 Å². The number of amides is 1. The van der Waals surface area contributed by atoms with Gasteiger partial charge in [0, 0.05) is 23.5 Å². The van der Waals surface area contributed by atoms with E-state index in [9.17, 15) is 14.7 Å². The Hall–Kier alpha value is -1.48. The van der Waals surface area contributed by atoms with Crippen molar-refractivity contribution in [3.05, 3.63) is 11.6 Å². The van der Waals surface area contributed by atoms with E-state index in [2.05, 4.69) is 80.6 Å². The first kappa shape index (κ1) is 36.8. The van der Waals surface area contributed by atoms with E-state index in [-0.39, 0.29) is 57.7 Å². The molecule has 0 spiro atoms. The van der Waals surface area contributed by atoms with Gasteiger partial charge in [-0.25, -0.2) is 0 Å². The molecule has 8 nitrogen and oxygen atoms in total. The minimum Gasteiger partial charge on any atom is -0.481 e. The highest BCUT2D eigenvalue weighted by atomic mass is 16.5. The van der Waals surface area contributed by atoms with Gasteiger partial charge in [-0.2, -0.15) is 0 Å². The molecule has 1 amide bonds. The van der Waals surface area contributed by atoms with Crippen molar-refractivity contribution in [3.8, 4) is 0 Å². The first-order chi connectivity index (χ1) is 21.8. The average Bonchev–Trinajstić information content (AvgIpc) is 2.98. The van der Waals surface area contributed by atoms with E-state index in [0.29, 0.717) is 43.5 Å². The predicted octanol–water partition coefficient (Wildman–Crippen LogP) is 6.46. The molecule has 0 aromatic rings. The van der Waals surface area contributed by atoms with Crippen LogP contribution in [0.2, 0.25) is 0 Å². The SMILES string of the molecule is CO[C@@H]1C[C@@]23COC[C@@](C)([C@@H]2CC[C@H]2C3=CC[C@@]3(C)[C@H](C(=O)O)[C@@](C)([C@H](C)C(C)C)CC[C@]23C)[C@H]1OC[C@](C)(NCC(N)=O)C(C)C. The van der Waals surface area contributed by atoms with Crippen LogP contribution in [0.15, 0.2) is 11.6 Å².